The highest BCUT2D eigenvalue weighted by Crippen LogP contribution is 2.26. The molecule has 8 nitrogen and oxygen atoms in total. The molecule has 0 spiro atoms. The van der Waals surface area contributed by atoms with Crippen LogP contribution in [0, 0.1) is 17.0 Å². The van der Waals surface area contributed by atoms with E-state index in [4.69, 9.17) is 0 Å². The molecule has 0 N–H and O–H groups in total. The van der Waals surface area contributed by atoms with Gasteiger partial charge in [-0.15, -0.1) is 0 Å². The Labute approximate surface area is 214 Å². The first-order chi connectivity index (χ1) is 17.4. The Morgan fingerprint density at radius 3 is 2.56 bits per heavy atom. The van der Waals surface area contributed by atoms with Crippen molar-refractivity contribution in [3.05, 3.63) is 114 Å². The smallest absolute Gasteiger partial charge is 0.282 e. The summed E-state index contributed by atoms with van der Waals surface area (Å²) in [6.45, 7) is 4.50. The Morgan fingerprint density at radius 2 is 1.83 bits per heavy atom. The number of nitro benzene ring substituents is 1. The zero-order chi connectivity index (χ0) is 25.4. The molecular formula is C27H22BrN5O3. The molecule has 0 aliphatic rings. The van der Waals surface area contributed by atoms with Crippen molar-refractivity contribution in [2.45, 2.75) is 26.8 Å². The van der Waals surface area contributed by atoms with Gasteiger partial charge in [0.1, 0.15) is 5.82 Å². The van der Waals surface area contributed by atoms with Crippen molar-refractivity contribution in [1.82, 2.24) is 14.2 Å². The zero-order valence-electron chi connectivity index (χ0n) is 19.7. The fraction of sp³-hybridized carbons (Fsp3) is 0.148. The van der Waals surface area contributed by atoms with Gasteiger partial charge in [0.15, 0.2) is 0 Å². The van der Waals surface area contributed by atoms with E-state index < -0.39 is 4.92 Å². The summed E-state index contributed by atoms with van der Waals surface area (Å²) in [5.74, 6) is 0.582. The minimum Gasteiger partial charge on any atom is -0.340 e. The van der Waals surface area contributed by atoms with Crippen LogP contribution in [-0.2, 0) is 13.0 Å². The van der Waals surface area contributed by atoms with Crippen molar-refractivity contribution < 1.29 is 4.92 Å². The number of fused-ring (bicyclic) bond motifs is 2. The lowest BCUT2D eigenvalue weighted by molar-refractivity contribution is -0.384. The Hall–Kier alpha value is -4.11. The van der Waals surface area contributed by atoms with Crippen molar-refractivity contribution in [2.75, 3.05) is 0 Å². The molecule has 180 valence electrons. The van der Waals surface area contributed by atoms with Gasteiger partial charge >= 0.3 is 0 Å². The number of halogens is 1. The van der Waals surface area contributed by atoms with Gasteiger partial charge in [-0.1, -0.05) is 53.2 Å². The molecule has 0 saturated carbocycles. The van der Waals surface area contributed by atoms with Gasteiger partial charge in [0.25, 0.3) is 11.2 Å². The SMILES string of the molecule is CCc1nc2ccc(Br)cc2c(=O)n1N=Cc1c(C)n(Cc2ccc([N+](=O)[O-])cc2)c2ccccc12. The molecule has 2 heterocycles. The standard InChI is InChI=1S/C27H22BrN5O3/c1-3-26-30-24-13-10-19(28)14-22(24)27(34)32(26)29-15-23-17(2)31(25-7-5-4-6-21(23)25)16-18-8-11-20(12-9-18)33(35)36/h4-15H,3,16H2,1-2H3. The van der Waals surface area contributed by atoms with Crippen LogP contribution < -0.4 is 5.56 Å². The number of para-hydroxylation sites is 1. The largest absolute Gasteiger partial charge is 0.340 e. The number of rotatable bonds is 6. The van der Waals surface area contributed by atoms with Crippen LogP contribution in [0.5, 0.6) is 0 Å². The molecule has 36 heavy (non-hydrogen) atoms. The molecule has 0 aliphatic carbocycles. The first-order valence-electron chi connectivity index (χ1n) is 11.4. The van der Waals surface area contributed by atoms with Gasteiger partial charge in [0.05, 0.1) is 22.0 Å². The molecule has 5 rings (SSSR count). The quantitative estimate of drug-likeness (QED) is 0.153. The van der Waals surface area contributed by atoms with Crippen LogP contribution in [0.2, 0.25) is 0 Å². The highest BCUT2D eigenvalue weighted by atomic mass is 79.9. The maximum atomic E-state index is 13.3. The number of benzene rings is 3. The van der Waals surface area contributed by atoms with Crippen LogP contribution in [0.25, 0.3) is 21.8 Å². The topological polar surface area (TPSA) is 95.3 Å². The van der Waals surface area contributed by atoms with E-state index in [0.717, 1.165) is 32.2 Å². The number of nitro groups is 1. The van der Waals surface area contributed by atoms with Crippen LogP contribution in [0.1, 0.15) is 29.6 Å². The molecule has 0 saturated heterocycles. The third-order valence-corrected chi connectivity index (χ3v) is 6.75. The Kier molecular flexibility index (Phi) is 6.24. The van der Waals surface area contributed by atoms with E-state index in [1.807, 2.05) is 50.2 Å². The number of nitrogens with zero attached hydrogens (tertiary/aromatic N) is 5. The lowest BCUT2D eigenvalue weighted by Crippen LogP contribution is -2.22. The summed E-state index contributed by atoms with van der Waals surface area (Å²) in [6, 6.07) is 20.0. The minimum absolute atomic E-state index is 0.0638. The average molecular weight is 544 g/mol. The molecule has 0 bridgehead atoms. The number of non-ortho nitro benzene ring substituents is 1. The summed E-state index contributed by atoms with van der Waals surface area (Å²) in [5.41, 5.74) is 4.31. The summed E-state index contributed by atoms with van der Waals surface area (Å²) in [5, 5.41) is 17.1. The summed E-state index contributed by atoms with van der Waals surface area (Å²) < 4.78 is 4.33. The predicted molar refractivity (Wildman–Crippen MR) is 145 cm³/mol. The molecular weight excluding hydrogens is 522 g/mol. The molecule has 9 heteroatoms. The molecule has 0 fully saturated rings. The zero-order valence-corrected chi connectivity index (χ0v) is 21.3. The van der Waals surface area contributed by atoms with Crippen LogP contribution in [-0.4, -0.2) is 25.4 Å². The number of hydrogen-bond donors (Lipinski definition) is 0. The van der Waals surface area contributed by atoms with E-state index >= 15 is 0 Å². The molecule has 0 atom stereocenters. The van der Waals surface area contributed by atoms with Gasteiger partial charge in [-0.25, -0.2) is 4.98 Å². The molecule has 2 aromatic heterocycles. The van der Waals surface area contributed by atoms with E-state index in [1.54, 1.807) is 24.4 Å². The van der Waals surface area contributed by atoms with Crippen molar-refractivity contribution in [3.8, 4) is 0 Å². The van der Waals surface area contributed by atoms with Crippen LogP contribution in [0.3, 0.4) is 0 Å². The van der Waals surface area contributed by atoms with E-state index in [9.17, 15) is 14.9 Å². The average Bonchev–Trinajstić information content (AvgIpc) is 3.14. The second-order valence-corrected chi connectivity index (χ2v) is 9.35. The number of hydrogen-bond acceptors (Lipinski definition) is 5. The summed E-state index contributed by atoms with van der Waals surface area (Å²) in [4.78, 5) is 28.5. The Balaban J connectivity index is 1.60. The lowest BCUT2D eigenvalue weighted by atomic mass is 10.1. The van der Waals surface area contributed by atoms with Crippen LogP contribution in [0.4, 0.5) is 5.69 Å². The maximum absolute atomic E-state index is 13.3. The van der Waals surface area contributed by atoms with Gasteiger partial charge in [0, 0.05) is 51.7 Å². The Bertz CT molecular complexity index is 1720. The molecule has 0 unspecified atom stereocenters. The molecule has 0 amide bonds. The third kappa shape index (κ3) is 4.22. The van der Waals surface area contributed by atoms with Gasteiger partial charge in [0.2, 0.25) is 0 Å². The highest BCUT2D eigenvalue weighted by Gasteiger charge is 2.15. The minimum atomic E-state index is -0.401. The van der Waals surface area contributed by atoms with Crippen LogP contribution >= 0.6 is 15.9 Å². The second-order valence-electron chi connectivity index (χ2n) is 8.43. The summed E-state index contributed by atoms with van der Waals surface area (Å²) >= 11 is 3.43. The Morgan fingerprint density at radius 1 is 1.08 bits per heavy atom. The number of aromatic nitrogens is 3. The van der Waals surface area contributed by atoms with E-state index in [2.05, 4.69) is 30.6 Å². The van der Waals surface area contributed by atoms with Gasteiger partial charge in [-0.2, -0.15) is 9.78 Å². The van der Waals surface area contributed by atoms with Gasteiger partial charge < -0.3 is 4.57 Å². The first-order valence-corrected chi connectivity index (χ1v) is 12.2. The molecule has 5 aromatic rings. The second kappa shape index (κ2) is 9.50. The summed E-state index contributed by atoms with van der Waals surface area (Å²) in [6.07, 6.45) is 2.27. The fourth-order valence-electron chi connectivity index (χ4n) is 4.39. The normalized spacial score (nSPS) is 11.6. The first kappa shape index (κ1) is 23.6. The van der Waals surface area contributed by atoms with E-state index in [-0.39, 0.29) is 11.2 Å². The fourth-order valence-corrected chi connectivity index (χ4v) is 4.75. The van der Waals surface area contributed by atoms with Crippen molar-refractivity contribution in [1.29, 1.82) is 0 Å². The lowest BCUT2D eigenvalue weighted by Gasteiger charge is -2.09. The molecule has 0 aliphatic heterocycles. The van der Waals surface area contributed by atoms with Crippen molar-refractivity contribution in [2.24, 2.45) is 5.10 Å². The van der Waals surface area contributed by atoms with E-state index in [1.165, 1.54) is 16.8 Å². The monoisotopic (exact) mass is 543 g/mol. The van der Waals surface area contributed by atoms with Crippen molar-refractivity contribution in [3.63, 3.8) is 0 Å². The van der Waals surface area contributed by atoms with Gasteiger partial charge in [-0.3, -0.25) is 14.9 Å². The van der Waals surface area contributed by atoms with Crippen molar-refractivity contribution >= 4 is 49.6 Å². The predicted octanol–water partition coefficient (Wildman–Crippen LogP) is 5.82. The molecule has 3 aromatic carbocycles. The summed E-state index contributed by atoms with van der Waals surface area (Å²) in [7, 11) is 0. The third-order valence-electron chi connectivity index (χ3n) is 6.26. The maximum Gasteiger partial charge on any atom is 0.282 e. The highest BCUT2D eigenvalue weighted by molar-refractivity contribution is 9.10. The molecule has 0 radical (unpaired) electrons. The van der Waals surface area contributed by atoms with E-state index in [0.29, 0.717) is 29.7 Å². The van der Waals surface area contributed by atoms with Crippen LogP contribution in [0.15, 0.2) is 81.1 Å². The van der Waals surface area contributed by atoms with Gasteiger partial charge in [-0.05, 0) is 36.8 Å². The number of aryl methyl sites for hydroxylation is 1.